The van der Waals surface area contributed by atoms with E-state index in [0.717, 1.165) is 18.2 Å². The number of urea groups is 1. The molecule has 1 rings (SSSR count). The quantitative estimate of drug-likeness (QED) is 0.801. The van der Waals surface area contributed by atoms with E-state index in [9.17, 15) is 22.8 Å². The molecule has 4 N–H and O–H groups in total. The van der Waals surface area contributed by atoms with Gasteiger partial charge in [0.15, 0.2) is 0 Å². The lowest BCUT2D eigenvalue weighted by Crippen LogP contribution is -2.43. The number of alkyl halides is 3. The minimum absolute atomic E-state index is 0.131. The van der Waals surface area contributed by atoms with Crippen molar-refractivity contribution in [2.75, 3.05) is 5.32 Å². The fourth-order valence-electron chi connectivity index (χ4n) is 1.34. The van der Waals surface area contributed by atoms with Crippen molar-refractivity contribution in [1.29, 1.82) is 0 Å². The first-order chi connectivity index (χ1) is 9.11. The van der Waals surface area contributed by atoms with Crippen molar-refractivity contribution < 1.29 is 22.8 Å². The number of imide groups is 1. The van der Waals surface area contributed by atoms with Gasteiger partial charge in [0.1, 0.15) is 6.04 Å². The Morgan fingerprint density at radius 3 is 2.40 bits per heavy atom. The summed E-state index contributed by atoms with van der Waals surface area (Å²) in [6.45, 7) is 1.40. The minimum atomic E-state index is -4.50. The topological polar surface area (TPSA) is 84.2 Å². The maximum Gasteiger partial charge on any atom is 0.416 e. The van der Waals surface area contributed by atoms with Crippen LogP contribution in [-0.2, 0) is 11.0 Å². The van der Waals surface area contributed by atoms with Gasteiger partial charge >= 0.3 is 12.2 Å². The molecule has 0 heterocycles. The molecule has 0 aliphatic carbocycles. The Morgan fingerprint density at radius 2 is 1.95 bits per heavy atom. The maximum atomic E-state index is 12.4. The third kappa shape index (κ3) is 4.30. The molecule has 1 aromatic rings. The summed E-state index contributed by atoms with van der Waals surface area (Å²) in [7, 11) is 0. The van der Waals surface area contributed by atoms with Crippen molar-refractivity contribution >= 4 is 29.2 Å². The summed E-state index contributed by atoms with van der Waals surface area (Å²) in [5.41, 5.74) is 4.00. The molecule has 0 radical (unpaired) electrons. The molecule has 0 bridgehead atoms. The van der Waals surface area contributed by atoms with Gasteiger partial charge in [0, 0.05) is 0 Å². The normalized spacial score (nSPS) is 12.7. The van der Waals surface area contributed by atoms with Gasteiger partial charge in [0.2, 0.25) is 5.91 Å². The minimum Gasteiger partial charge on any atom is -0.373 e. The summed E-state index contributed by atoms with van der Waals surface area (Å²) in [4.78, 5) is 21.9. The van der Waals surface area contributed by atoms with Gasteiger partial charge in [-0.25, -0.2) is 4.79 Å². The molecule has 110 valence electrons. The Morgan fingerprint density at radius 1 is 1.35 bits per heavy atom. The van der Waals surface area contributed by atoms with Gasteiger partial charge in [-0.2, -0.15) is 13.2 Å². The average Bonchev–Trinajstić information content (AvgIpc) is 2.29. The molecule has 0 saturated heterocycles. The first kappa shape index (κ1) is 16.1. The molecule has 1 atom stereocenters. The first-order valence-corrected chi connectivity index (χ1v) is 5.72. The summed E-state index contributed by atoms with van der Waals surface area (Å²) in [6, 6.07) is 0.730. The third-order valence-corrected chi connectivity index (χ3v) is 2.62. The Balaban J connectivity index is 2.84. The second-order valence-corrected chi connectivity index (χ2v) is 4.32. The Hall–Kier alpha value is -1.96. The summed E-state index contributed by atoms with van der Waals surface area (Å²) in [5.74, 6) is -0.728. The summed E-state index contributed by atoms with van der Waals surface area (Å²) in [6.07, 6.45) is -4.50. The SMILES string of the molecule is CC(Nc1ccc(C(F)(F)F)cc1Cl)C(=O)NC(N)=O. The van der Waals surface area contributed by atoms with Crippen LogP contribution >= 0.6 is 11.6 Å². The molecule has 0 fully saturated rings. The van der Waals surface area contributed by atoms with Gasteiger partial charge in [-0.15, -0.1) is 0 Å². The standard InChI is InChI=1S/C11H11ClF3N3O2/c1-5(9(19)18-10(16)20)17-8-3-2-6(4-7(8)12)11(13,14)15/h2-5,17H,1H3,(H3,16,18,19,20). The fraction of sp³-hybridized carbons (Fsp3) is 0.273. The number of benzene rings is 1. The van der Waals surface area contributed by atoms with E-state index in [1.807, 2.05) is 5.32 Å². The van der Waals surface area contributed by atoms with Crippen LogP contribution in [0, 0.1) is 0 Å². The van der Waals surface area contributed by atoms with E-state index in [1.54, 1.807) is 0 Å². The molecular formula is C11H11ClF3N3O2. The number of primary amides is 1. The van der Waals surface area contributed by atoms with Crippen LogP contribution in [0.1, 0.15) is 12.5 Å². The third-order valence-electron chi connectivity index (χ3n) is 2.31. The highest BCUT2D eigenvalue weighted by molar-refractivity contribution is 6.33. The second-order valence-electron chi connectivity index (χ2n) is 3.91. The Bertz CT molecular complexity index is 534. The summed E-state index contributed by atoms with van der Waals surface area (Å²) in [5, 5.41) is 4.21. The van der Waals surface area contributed by atoms with E-state index in [-0.39, 0.29) is 10.7 Å². The monoisotopic (exact) mass is 309 g/mol. The van der Waals surface area contributed by atoms with Crippen LogP contribution in [0.25, 0.3) is 0 Å². The van der Waals surface area contributed by atoms with Crippen LogP contribution in [0.3, 0.4) is 0 Å². The van der Waals surface area contributed by atoms with Gasteiger partial charge in [-0.3, -0.25) is 10.1 Å². The molecule has 1 unspecified atom stereocenters. The van der Waals surface area contributed by atoms with E-state index in [0.29, 0.717) is 0 Å². The zero-order valence-electron chi connectivity index (χ0n) is 10.2. The highest BCUT2D eigenvalue weighted by atomic mass is 35.5. The number of halogens is 4. The molecule has 0 saturated carbocycles. The molecule has 9 heteroatoms. The molecular weight excluding hydrogens is 299 g/mol. The number of hydrogen-bond donors (Lipinski definition) is 3. The van der Waals surface area contributed by atoms with Gasteiger partial charge in [-0.1, -0.05) is 11.6 Å². The lowest BCUT2D eigenvalue weighted by Gasteiger charge is -2.16. The predicted molar refractivity (Wildman–Crippen MR) is 67.3 cm³/mol. The van der Waals surface area contributed by atoms with Crippen molar-refractivity contribution in [1.82, 2.24) is 5.32 Å². The van der Waals surface area contributed by atoms with Crippen molar-refractivity contribution in [3.05, 3.63) is 28.8 Å². The maximum absolute atomic E-state index is 12.4. The number of amides is 3. The number of carbonyl (C=O) groups excluding carboxylic acids is 2. The summed E-state index contributed by atoms with van der Waals surface area (Å²) < 4.78 is 37.3. The molecule has 0 spiro atoms. The number of rotatable bonds is 3. The highest BCUT2D eigenvalue weighted by Crippen LogP contribution is 2.33. The fourth-order valence-corrected chi connectivity index (χ4v) is 1.57. The zero-order chi connectivity index (χ0) is 15.5. The lowest BCUT2D eigenvalue weighted by molar-refractivity contribution is -0.137. The first-order valence-electron chi connectivity index (χ1n) is 5.35. The zero-order valence-corrected chi connectivity index (χ0v) is 11.0. The molecule has 20 heavy (non-hydrogen) atoms. The Kier molecular flexibility index (Phi) is 4.83. The summed E-state index contributed by atoms with van der Waals surface area (Å²) >= 11 is 5.70. The number of nitrogens with two attached hydrogens (primary N) is 1. The van der Waals surface area contributed by atoms with E-state index < -0.39 is 29.7 Å². The van der Waals surface area contributed by atoms with E-state index >= 15 is 0 Å². The molecule has 0 aromatic heterocycles. The Labute approximate surface area is 117 Å². The van der Waals surface area contributed by atoms with Gasteiger partial charge < -0.3 is 11.1 Å². The van der Waals surface area contributed by atoms with Crippen molar-refractivity contribution in [3.8, 4) is 0 Å². The molecule has 0 aliphatic rings. The molecule has 0 aliphatic heterocycles. The van der Waals surface area contributed by atoms with Crippen molar-refractivity contribution in [2.45, 2.75) is 19.1 Å². The second kappa shape index (κ2) is 6.00. The number of anilines is 1. The van der Waals surface area contributed by atoms with E-state index in [2.05, 4.69) is 5.32 Å². The average molecular weight is 310 g/mol. The van der Waals surface area contributed by atoms with Gasteiger partial charge in [0.05, 0.1) is 16.3 Å². The number of nitrogens with one attached hydrogen (secondary N) is 2. The highest BCUT2D eigenvalue weighted by Gasteiger charge is 2.31. The van der Waals surface area contributed by atoms with Crippen molar-refractivity contribution in [2.24, 2.45) is 5.73 Å². The van der Waals surface area contributed by atoms with Crippen LogP contribution in [0.5, 0.6) is 0 Å². The van der Waals surface area contributed by atoms with Crippen LogP contribution in [0.15, 0.2) is 18.2 Å². The predicted octanol–water partition coefficient (Wildman–Crippen LogP) is 2.35. The largest absolute Gasteiger partial charge is 0.416 e. The molecule has 5 nitrogen and oxygen atoms in total. The van der Waals surface area contributed by atoms with Crippen molar-refractivity contribution in [3.63, 3.8) is 0 Å². The number of hydrogen-bond acceptors (Lipinski definition) is 3. The van der Waals surface area contributed by atoms with Crippen LogP contribution in [0.4, 0.5) is 23.7 Å². The van der Waals surface area contributed by atoms with Crippen LogP contribution in [0.2, 0.25) is 5.02 Å². The van der Waals surface area contributed by atoms with Gasteiger partial charge in [-0.05, 0) is 25.1 Å². The van der Waals surface area contributed by atoms with E-state index in [1.165, 1.54) is 6.92 Å². The van der Waals surface area contributed by atoms with Gasteiger partial charge in [0.25, 0.3) is 0 Å². The molecule has 3 amide bonds. The lowest BCUT2D eigenvalue weighted by atomic mass is 10.2. The van der Waals surface area contributed by atoms with E-state index in [4.69, 9.17) is 17.3 Å². The molecule has 1 aromatic carbocycles. The number of carbonyl (C=O) groups is 2. The van der Waals surface area contributed by atoms with Crippen LogP contribution < -0.4 is 16.4 Å². The smallest absolute Gasteiger partial charge is 0.373 e. The van der Waals surface area contributed by atoms with Crippen LogP contribution in [-0.4, -0.2) is 18.0 Å².